The lowest BCUT2D eigenvalue weighted by atomic mass is 10.1. The van der Waals surface area contributed by atoms with Crippen molar-refractivity contribution in [2.45, 2.75) is 19.5 Å². The molecule has 8 heteroatoms. The molecule has 3 rings (SSSR count). The number of rotatable bonds is 11. The van der Waals surface area contributed by atoms with Crippen LogP contribution < -0.4 is 14.8 Å². The maximum absolute atomic E-state index is 13.1. The smallest absolute Gasteiger partial charge is 0.261 e. The molecule has 178 valence electrons. The Bertz CT molecular complexity index is 869. The molecule has 0 bridgehead atoms. The molecule has 0 saturated carbocycles. The predicted molar refractivity (Wildman–Crippen MR) is 125 cm³/mol. The summed E-state index contributed by atoms with van der Waals surface area (Å²) in [4.78, 5) is 29.8. The average Bonchev–Trinajstić information content (AvgIpc) is 2.87. The van der Waals surface area contributed by atoms with Crippen LogP contribution in [0.4, 0.5) is 0 Å². The molecule has 0 aromatic heterocycles. The summed E-state index contributed by atoms with van der Waals surface area (Å²) >= 11 is 0. The van der Waals surface area contributed by atoms with E-state index in [2.05, 4.69) is 10.2 Å². The van der Waals surface area contributed by atoms with Gasteiger partial charge in [0, 0.05) is 32.7 Å². The Labute approximate surface area is 195 Å². The van der Waals surface area contributed by atoms with Crippen molar-refractivity contribution in [1.29, 1.82) is 0 Å². The Morgan fingerprint density at radius 3 is 2.42 bits per heavy atom. The number of carbonyl (C=O) groups is 2. The van der Waals surface area contributed by atoms with Gasteiger partial charge in [-0.15, -0.1) is 0 Å². The Balaban J connectivity index is 1.61. The van der Waals surface area contributed by atoms with Gasteiger partial charge in [-0.25, -0.2) is 0 Å². The van der Waals surface area contributed by atoms with Crippen LogP contribution in [0.3, 0.4) is 0 Å². The molecule has 1 saturated heterocycles. The Hall–Kier alpha value is -3.10. The molecule has 1 aliphatic heterocycles. The number of para-hydroxylation sites is 1. The van der Waals surface area contributed by atoms with Crippen molar-refractivity contribution < 1.29 is 23.8 Å². The van der Waals surface area contributed by atoms with Gasteiger partial charge >= 0.3 is 0 Å². The third-order valence-corrected chi connectivity index (χ3v) is 5.62. The molecule has 0 spiro atoms. The molecule has 8 nitrogen and oxygen atoms in total. The first kappa shape index (κ1) is 24.5. The van der Waals surface area contributed by atoms with E-state index < -0.39 is 6.04 Å². The van der Waals surface area contributed by atoms with E-state index in [9.17, 15) is 9.59 Å². The van der Waals surface area contributed by atoms with Crippen LogP contribution in [0, 0.1) is 0 Å². The van der Waals surface area contributed by atoms with E-state index in [1.807, 2.05) is 42.5 Å². The third-order valence-electron chi connectivity index (χ3n) is 5.62. The van der Waals surface area contributed by atoms with Crippen molar-refractivity contribution in [2.24, 2.45) is 0 Å². The third kappa shape index (κ3) is 7.76. The number of nitrogens with zero attached hydrogens (tertiary/aromatic N) is 2. The molecule has 0 radical (unpaired) electrons. The van der Waals surface area contributed by atoms with Gasteiger partial charge in [0.05, 0.1) is 20.3 Å². The van der Waals surface area contributed by atoms with E-state index >= 15 is 0 Å². The zero-order chi connectivity index (χ0) is 23.5. The number of carbonyl (C=O) groups excluding carboxylic acids is 2. The Morgan fingerprint density at radius 2 is 1.76 bits per heavy atom. The molecule has 2 amide bonds. The second-order valence-electron chi connectivity index (χ2n) is 7.89. The Morgan fingerprint density at radius 1 is 1.06 bits per heavy atom. The molecule has 0 aliphatic carbocycles. The first-order chi connectivity index (χ1) is 16.1. The molecule has 33 heavy (non-hydrogen) atoms. The van der Waals surface area contributed by atoms with E-state index in [-0.39, 0.29) is 18.4 Å². The summed E-state index contributed by atoms with van der Waals surface area (Å²) in [5.74, 6) is 0.895. The highest BCUT2D eigenvalue weighted by molar-refractivity contribution is 5.87. The number of ether oxygens (including phenoxy) is 3. The van der Waals surface area contributed by atoms with E-state index in [4.69, 9.17) is 14.2 Å². The van der Waals surface area contributed by atoms with Crippen molar-refractivity contribution in [3.8, 4) is 11.5 Å². The summed E-state index contributed by atoms with van der Waals surface area (Å²) in [5, 5.41) is 2.97. The Kier molecular flexibility index (Phi) is 9.53. The first-order valence-corrected chi connectivity index (χ1v) is 11.2. The highest BCUT2D eigenvalue weighted by Crippen LogP contribution is 2.16. The van der Waals surface area contributed by atoms with Crippen molar-refractivity contribution in [3.63, 3.8) is 0 Å². The first-order valence-electron chi connectivity index (χ1n) is 11.2. The molecule has 1 aliphatic rings. The van der Waals surface area contributed by atoms with Crippen LogP contribution >= 0.6 is 0 Å². The molecular weight excluding hydrogens is 422 g/mol. The van der Waals surface area contributed by atoms with Gasteiger partial charge in [-0.3, -0.25) is 14.5 Å². The number of morpholine rings is 1. The van der Waals surface area contributed by atoms with Crippen LogP contribution in [0.2, 0.25) is 0 Å². The number of nitrogens with one attached hydrogen (secondary N) is 1. The number of hydrogen-bond donors (Lipinski definition) is 1. The molecule has 1 unspecified atom stereocenters. The minimum atomic E-state index is -0.649. The highest BCUT2D eigenvalue weighted by atomic mass is 16.5. The fourth-order valence-electron chi connectivity index (χ4n) is 3.56. The fourth-order valence-corrected chi connectivity index (χ4v) is 3.56. The van der Waals surface area contributed by atoms with E-state index in [1.165, 1.54) is 0 Å². The molecule has 1 atom stereocenters. The fraction of sp³-hybridized carbons (Fsp3) is 0.440. The summed E-state index contributed by atoms with van der Waals surface area (Å²) in [6.07, 6.45) is 0. The predicted octanol–water partition coefficient (Wildman–Crippen LogP) is 1.94. The zero-order valence-electron chi connectivity index (χ0n) is 19.4. The number of amides is 2. The lowest BCUT2D eigenvalue weighted by Crippen LogP contribution is -2.50. The van der Waals surface area contributed by atoms with Crippen LogP contribution in [0.25, 0.3) is 0 Å². The van der Waals surface area contributed by atoms with E-state index in [0.717, 1.165) is 44.2 Å². The molecular formula is C25H33N3O5. The van der Waals surface area contributed by atoms with E-state index in [1.54, 1.807) is 31.1 Å². The molecule has 1 fully saturated rings. The molecule has 1 heterocycles. The summed E-state index contributed by atoms with van der Waals surface area (Å²) in [6, 6.07) is 16.0. The van der Waals surface area contributed by atoms with Crippen LogP contribution in [0.1, 0.15) is 12.5 Å². The van der Waals surface area contributed by atoms with Gasteiger partial charge in [0.25, 0.3) is 5.91 Å². The van der Waals surface area contributed by atoms with Crippen molar-refractivity contribution in [2.75, 3.05) is 53.1 Å². The number of benzene rings is 2. The lowest BCUT2D eigenvalue weighted by molar-refractivity contribution is -0.142. The zero-order valence-corrected chi connectivity index (χ0v) is 19.4. The second kappa shape index (κ2) is 12.8. The van der Waals surface area contributed by atoms with Gasteiger partial charge in [0.1, 0.15) is 17.5 Å². The number of hydrogen-bond acceptors (Lipinski definition) is 6. The van der Waals surface area contributed by atoms with Crippen LogP contribution in [0.15, 0.2) is 54.6 Å². The monoisotopic (exact) mass is 455 g/mol. The number of methoxy groups -OCH3 is 1. The van der Waals surface area contributed by atoms with Gasteiger partial charge < -0.3 is 24.4 Å². The summed E-state index contributed by atoms with van der Waals surface area (Å²) in [6.45, 7) is 6.33. The van der Waals surface area contributed by atoms with Crippen LogP contribution in [0.5, 0.6) is 11.5 Å². The van der Waals surface area contributed by atoms with Crippen LogP contribution in [-0.4, -0.2) is 80.8 Å². The topological polar surface area (TPSA) is 80.3 Å². The quantitative estimate of drug-likeness (QED) is 0.558. The lowest BCUT2D eigenvalue weighted by Gasteiger charge is -2.30. The van der Waals surface area contributed by atoms with Crippen molar-refractivity contribution in [3.05, 3.63) is 60.2 Å². The SMILES string of the molecule is COc1ccc(CN(C(=O)COc2ccccc2)C(C)C(=O)NCCN2CCOCC2)cc1. The molecule has 1 N–H and O–H groups in total. The normalized spacial score (nSPS) is 14.8. The maximum atomic E-state index is 13.1. The van der Waals surface area contributed by atoms with Crippen molar-refractivity contribution in [1.82, 2.24) is 15.1 Å². The standard InChI is InChI=1S/C25H33N3O5/c1-20(25(30)26-12-13-27-14-16-32-17-15-27)28(18-21-8-10-22(31-2)11-9-21)24(29)19-33-23-6-4-3-5-7-23/h3-11,20H,12-19H2,1-2H3,(H,26,30). The van der Waals surface area contributed by atoms with Gasteiger partial charge in [-0.2, -0.15) is 0 Å². The van der Waals surface area contributed by atoms with Gasteiger partial charge in [-0.1, -0.05) is 30.3 Å². The minimum Gasteiger partial charge on any atom is -0.497 e. The maximum Gasteiger partial charge on any atom is 0.261 e. The van der Waals surface area contributed by atoms with Crippen LogP contribution in [-0.2, 0) is 20.9 Å². The molecule has 2 aromatic carbocycles. The molecule has 2 aromatic rings. The second-order valence-corrected chi connectivity index (χ2v) is 7.89. The average molecular weight is 456 g/mol. The van der Waals surface area contributed by atoms with Gasteiger partial charge in [0.2, 0.25) is 5.91 Å². The summed E-state index contributed by atoms with van der Waals surface area (Å²) < 4.78 is 16.2. The summed E-state index contributed by atoms with van der Waals surface area (Å²) in [7, 11) is 1.61. The summed E-state index contributed by atoms with van der Waals surface area (Å²) in [5.41, 5.74) is 0.900. The van der Waals surface area contributed by atoms with Gasteiger partial charge in [-0.05, 0) is 36.8 Å². The van der Waals surface area contributed by atoms with Crippen molar-refractivity contribution >= 4 is 11.8 Å². The largest absolute Gasteiger partial charge is 0.497 e. The van der Waals surface area contributed by atoms with E-state index in [0.29, 0.717) is 18.8 Å². The highest BCUT2D eigenvalue weighted by Gasteiger charge is 2.26. The minimum absolute atomic E-state index is 0.147. The van der Waals surface area contributed by atoms with Gasteiger partial charge in [0.15, 0.2) is 6.61 Å².